The third-order valence-corrected chi connectivity index (χ3v) is 2.80. The van der Waals surface area contributed by atoms with E-state index in [0.717, 1.165) is 12.4 Å². The van der Waals surface area contributed by atoms with Crippen LogP contribution in [0.4, 0.5) is 19.0 Å². The lowest BCUT2D eigenvalue weighted by molar-refractivity contribution is -0.142. The SMILES string of the molecule is O=C(O)[C@@H]1CCN(c2cc(C(F)(F)F)ncn2)C1. The summed E-state index contributed by atoms with van der Waals surface area (Å²) in [7, 11) is 0. The maximum atomic E-state index is 12.5. The summed E-state index contributed by atoms with van der Waals surface area (Å²) >= 11 is 0. The fraction of sp³-hybridized carbons (Fsp3) is 0.500. The van der Waals surface area contributed by atoms with Crippen molar-refractivity contribution in [2.24, 2.45) is 5.92 Å². The summed E-state index contributed by atoms with van der Waals surface area (Å²) in [5, 5.41) is 8.82. The van der Waals surface area contributed by atoms with Crippen LogP contribution >= 0.6 is 0 Å². The summed E-state index contributed by atoms with van der Waals surface area (Å²) in [4.78, 5) is 19.2. The minimum atomic E-state index is -4.52. The zero-order valence-corrected chi connectivity index (χ0v) is 9.18. The zero-order chi connectivity index (χ0) is 13.3. The van der Waals surface area contributed by atoms with Crippen molar-refractivity contribution in [3.8, 4) is 0 Å². The molecule has 1 atom stereocenters. The molecular weight excluding hydrogens is 251 g/mol. The number of aromatic nitrogens is 2. The van der Waals surface area contributed by atoms with Crippen LogP contribution < -0.4 is 4.90 Å². The number of aliphatic carboxylic acids is 1. The lowest BCUT2D eigenvalue weighted by atomic mass is 10.1. The van der Waals surface area contributed by atoms with Crippen LogP contribution in [0.2, 0.25) is 0 Å². The molecule has 8 heteroatoms. The van der Waals surface area contributed by atoms with Crippen LogP contribution in [-0.2, 0) is 11.0 Å². The highest BCUT2D eigenvalue weighted by atomic mass is 19.4. The van der Waals surface area contributed by atoms with E-state index in [4.69, 9.17) is 5.11 Å². The molecule has 1 aromatic heterocycles. The van der Waals surface area contributed by atoms with Gasteiger partial charge in [-0.05, 0) is 6.42 Å². The smallest absolute Gasteiger partial charge is 0.433 e. The number of anilines is 1. The van der Waals surface area contributed by atoms with Gasteiger partial charge in [0.05, 0.1) is 5.92 Å². The summed E-state index contributed by atoms with van der Waals surface area (Å²) in [6, 6.07) is 0.838. The number of hydrogen-bond acceptors (Lipinski definition) is 4. The van der Waals surface area contributed by atoms with Gasteiger partial charge in [-0.15, -0.1) is 0 Å². The minimum absolute atomic E-state index is 0.112. The molecule has 1 aromatic rings. The van der Waals surface area contributed by atoms with Gasteiger partial charge in [-0.3, -0.25) is 4.79 Å². The van der Waals surface area contributed by atoms with Gasteiger partial charge in [-0.25, -0.2) is 9.97 Å². The standard InChI is InChI=1S/C10H10F3N3O2/c11-10(12,13)7-3-8(15-5-14-7)16-2-1-6(4-16)9(17)18/h3,5-6H,1-2,4H2,(H,17,18)/t6-/m1/s1. The Kier molecular flexibility index (Phi) is 3.10. The van der Waals surface area contributed by atoms with Crippen molar-refractivity contribution in [1.29, 1.82) is 0 Å². The number of alkyl halides is 3. The van der Waals surface area contributed by atoms with Crippen molar-refractivity contribution >= 4 is 11.8 Å². The second kappa shape index (κ2) is 4.43. The van der Waals surface area contributed by atoms with Crippen LogP contribution in [0.15, 0.2) is 12.4 Å². The van der Waals surface area contributed by atoms with E-state index in [1.165, 1.54) is 4.90 Å². The van der Waals surface area contributed by atoms with Gasteiger partial charge in [-0.2, -0.15) is 13.2 Å². The second-order valence-corrected chi connectivity index (χ2v) is 4.03. The van der Waals surface area contributed by atoms with Crippen molar-refractivity contribution in [1.82, 2.24) is 9.97 Å². The summed E-state index contributed by atoms with van der Waals surface area (Å²) in [5.74, 6) is -1.39. The average molecular weight is 261 g/mol. The molecule has 98 valence electrons. The fourth-order valence-corrected chi connectivity index (χ4v) is 1.84. The van der Waals surface area contributed by atoms with Gasteiger partial charge >= 0.3 is 12.1 Å². The molecule has 5 nitrogen and oxygen atoms in total. The molecule has 18 heavy (non-hydrogen) atoms. The molecule has 0 radical (unpaired) electrons. The molecule has 0 bridgehead atoms. The van der Waals surface area contributed by atoms with Crippen LogP contribution in [0.5, 0.6) is 0 Å². The van der Waals surface area contributed by atoms with Crippen LogP contribution in [-0.4, -0.2) is 34.1 Å². The Morgan fingerprint density at radius 3 is 2.72 bits per heavy atom. The molecule has 2 heterocycles. The maximum absolute atomic E-state index is 12.5. The first-order chi connectivity index (χ1) is 8.38. The molecule has 1 N–H and O–H groups in total. The Hall–Kier alpha value is -1.86. The zero-order valence-electron chi connectivity index (χ0n) is 9.18. The quantitative estimate of drug-likeness (QED) is 0.871. The lowest BCUT2D eigenvalue weighted by Gasteiger charge is -2.17. The molecule has 0 amide bonds. The number of rotatable bonds is 2. The largest absolute Gasteiger partial charge is 0.481 e. The van der Waals surface area contributed by atoms with Gasteiger partial charge in [-0.1, -0.05) is 0 Å². The number of carbonyl (C=O) groups is 1. The first-order valence-corrected chi connectivity index (χ1v) is 5.25. The van der Waals surface area contributed by atoms with Gasteiger partial charge in [0.2, 0.25) is 0 Å². The van der Waals surface area contributed by atoms with Gasteiger partial charge in [0.1, 0.15) is 17.8 Å². The van der Waals surface area contributed by atoms with Gasteiger partial charge in [0.15, 0.2) is 0 Å². The lowest BCUT2D eigenvalue weighted by Crippen LogP contribution is -2.24. The summed E-state index contributed by atoms with van der Waals surface area (Å²) in [6.07, 6.45) is -3.28. The summed E-state index contributed by atoms with van der Waals surface area (Å²) < 4.78 is 37.4. The molecule has 1 aliphatic rings. The van der Waals surface area contributed by atoms with Gasteiger partial charge in [0.25, 0.3) is 0 Å². The predicted molar refractivity (Wildman–Crippen MR) is 55.0 cm³/mol. The molecule has 0 aromatic carbocycles. The van der Waals surface area contributed by atoms with E-state index >= 15 is 0 Å². The average Bonchev–Trinajstić information content (AvgIpc) is 2.77. The van der Waals surface area contributed by atoms with Crippen molar-refractivity contribution in [2.45, 2.75) is 12.6 Å². The highest BCUT2D eigenvalue weighted by Gasteiger charge is 2.34. The molecule has 0 aliphatic carbocycles. The predicted octanol–water partition coefficient (Wildman–Crippen LogP) is 1.41. The molecule has 1 aliphatic heterocycles. The summed E-state index contributed by atoms with van der Waals surface area (Å²) in [5.41, 5.74) is -1.02. The topological polar surface area (TPSA) is 66.3 Å². The maximum Gasteiger partial charge on any atom is 0.433 e. The van der Waals surface area contributed by atoms with E-state index in [-0.39, 0.29) is 12.4 Å². The van der Waals surface area contributed by atoms with Crippen molar-refractivity contribution in [2.75, 3.05) is 18.0 Å². The molecular formula is C10H10F3N3O2. The Morgan fingerprint density at radius 2 is 2.17 bits per heavy atom. The fourth-order valence-electron chi connectivity index (χ4n) is 1.84. The number of carboxylic acids is 1. The number of carboxylic acid groups (broad SMARTS) is 1. The monoisotopic (exact) mass is 261 g/mol. The molecule has 0 spiro atoms. The van der Waals surface area contributed by atoms with E-state index < -0.39 is 23.8 Å². The Balaban J connectivity index is 2.18. The minimum Gasteiger partial charge on any atom is -0.481 e. The van der Waals surface area contributed by atoms with Crippen LogP contribution in [0.1, 0.15) is 12.1 Å². The Labute approximate surface area is 100 Å². The number of nitrogens with zero attached hydrogens (tertiary/aromatic N) is 3. The third kappa shape index (κ3) is 2.52. The summed E-state index contributed by atoms with van der Waals surface area (Å²) in [6.45, 7) is 0.551. The third-order valence-electron chi connectivity index (χ3n) is 2.80. The normalized spacial score (nSPS) is 20.2. The Bertz CT molecular complexity index is 464. The molecule has 1 fully saturated rings. The molecule has 1 saturated heterocycles. The Morgan fingerprint density at radius 1 is 1.44 bits per heavy atom. The highest BCUT2D eigenvalue weighted by Crippen LogP contribution is 2.30. The van der Waals surface area contributed by atoms with Crippen molar-refractivity contribution in [3.05, 3.63) is 18.1 Å². The first kappa shape index (κ1) is 12.6. The van der Waals surface area contributed by atoms with E-state index in [9.17, 15) is 18.0 Å². The van der Waals surface area contributed by atoms with E-state index in [0.29, 0.717) is 13.0 Å². The van der Waals surface area contributed by atoms with Crippen LogP contribution in [0, 0.1) is 5.92 Å². The van der Waals surface area contributed by atoms with E-state index in [1.54, 1.807) is 0 Å². The van der Waals surface area contributed by atoms with Gasteiger partial charge < -0.3 is 10.0 Å². The second-order valence-electron chi connectivity index (χ2n) is 4.03. The van der Waals surface area contributed by atoms with E-state index in [1.807, 2.05) is 0 Å². The molecule has 0 saturated carbocycles. The van der Waals surface area contributed by atoms with E-state index in [2.05, 4.69) is 9.97 Å². The molecule has 2 rings (SSSR count). The molecule has 0 unspecified atom stereocenters. The highest BCUT2D eigenvalue weighted by molar-refractivity contribution is 5.71. The van der Waals surface area contributed by atoms with Gasteiger partial charge in [0, 0.05) is 19.2 Å². The first-order valence-electron chi connectivity index (χ1n) is 5.25. The number of hydrogen-bond donors (Lipinski definition) is 1. The van der Waals surface area contributed by atoms with Crippen molar-refractivity contribution in [3.63, 3.8) is 0 Å². The van der Waals surface area contributed by atoms with Crippen LogP contribution in [0.25, 0.3) is 0 Å². The van der Waals surface area contributed by atoms with Crippen molar-refractivity contribution < 1.29 is 23.1 Å². The number of halogens is 3. The van der Waals surface area contributed by atoms with Crippen LogP contribution in [0.3, 0.4) is 0 Å².